The molecule has 17 heavy (non-hydrogen) atoms. The van der Waals surface area contributed by atoms with Gasteiger partial charge in [0.2, 0.25) is 0 Å². The van der Waals surface area contributed by atoms with Gasteiger partial charge >= 0.3 is 0 Å². The molecular weight excluding hydrogens is 228 g/mol. The van der Waals surface area contributed by atoms with Crippen LogP contribution in [-0.2, 0) is 6.54 Å². The molecule has 2 nitrogen and oxygen atoms in total. The number of para-hydroxylation sites is 2. The van der Waals surface area contributed by atoms with Crippen molar-refractivity contribution in [2.24, 2.45) is 5.73 Å². The summed E-state index contributed by atoms with van der Waals surface area (Å²) in [5.74, 6) is 0. The van der Waals surface area contributed by atoms with Gasteiger partial charge in [-0.2, -0.15) is 0 Å². The molecule has 0 aliphatic heterocycles. The number of benzene rings is 2. The van der Waals surface area contributed by atoms with Gasteiger partial charge in [-0.15, -0.1) is 0 Å². The van der Waals surface area contributed by atoms with Crippen LogP contribution < -0.4 is 5.73 Å². The van der Waals surface area contributed by atoms with Gasteiger partial charge in [0.15, 0.2) is 0 Å². The maximum Gasteiger partial charge on any atom is 0.0928 e. The lowest BCUT2D eigenvalue weighted by atomic mass is 10.2. The Labute approximate surface area is 105 Å². The monoisotopic (exact) mass is 240 g/mol. The molecule has 0 amide bonds. The van der Waals surface area contributed by atoms with Crippen LogP contribution in [0.1, 0.15) is 0 Å². The third kappa shape index (κ3) is 1.59. The number of nitrogens with zero attached hydrogens (tertiary/aromatic N) is 1. The first kappa shape index (κ1) is 10.3. The van der Waals surface area contributed by atoms with Gasteiger partial charge < -0.3 is 10.3 Å². The second-order valence-corrected chi connectivity index (χ2v) is 4.61. The normalized spacial score (nSPS) is 11.1. The first-order valence-electron chi connectivity index (χ1n) is 5.51. The van der Waals surface area contributed by atoms with Gasteiger partial charge in [-0.25, -0.2) is 0 Å². The molecule has 1 aromatic heterocycles. The summed E-state index contributed by atoms with van der Waals surface area (Å²) in [5, 5.41) is 2.50. The predicted molar refractivity (Wildman–Crippen MR) is 76.2 cm³/mol. The largest absolute Gasteiger partial charge is 0.392 e. The highest BCUT2D eigenvalue weighted by Crippen LogP contribution is 2.28. The number of aromatic nitrogens is 1. The topological polar surface area (TPSA) is 30.9 Å². The highest BCUT2D eigenvalue weighted by atomic mass is 32.1. The standard InChI is InChI=1S/C14H12N2S/c15-14(17)9-16-12-7-3-1-5-10(12)11-6-2-4-8-13(11)16/h1-8H,9H2,(H2,15,17). The number of rotatable bonds is 2. The van der Waals surface area contributed by atoms with E-state index in [2.05, 4.69) is 41.0 Å². The van der Waals surface area contributed by atoms with Crippen LogP contribution in [0, 0.1) is 0 Å². The minimum Gasteiger partial charge on any atom is -0.392 e. The molecule has 0 radical (unpaired) electrons. The lowest BCUT2D eigenvalue weighted by molar-refractivity contribution is 0.939. The van der Waals surface area contributed by atoms with Crippen molar-refractivity contribution in [2.45, 2.75) is 6.54 Å². The summed E-state index contributed by atoms with van der Waals surface area (Å²) in [6, 6.07) is 16.7. The summed E-state index contributed by atoms with van der Waals surface area (Å²) < 4.78 is 2.17. The molecule has 3 rings (SSSR count). The summed E-state index contributed by atoms with van der Waals surface area (Å²) in [7, 11) is 0. The fourth-order valence-electron chi connectivity index (χ4n) is 2.33. The lowest BCUT2D eigenvalue weighted by Crippen LogP contribution is -2.16. The number of fused-ring (bicyclic) bond motifs is 3. The summed E-state index contributed by atoms with van der Waals surface area (Å²) >= 11 is 5.03. The molecule has 0 saturated carbocycles. The SMILES string of the molecule is NC(=S)Cn1c2ccccc2c2ccccc21. The van der Waals surface area contributed by atoms with Gasteiger partial charge in [-0.3, -0.25) is 0 Å². The number of nitrogens with two attached hydrogens (primary N) is 1. The van der Waals surface area contributed by atoms with E-state index in [1.165, 1.54) is 21.8 Å². The Hall–Kier alpha value is -1.87. The molecule has 2 N–H and O–H groups in total. The van der Waals surface area contributed by atoms with Crippen molar-refractivity contribution in [1.82, 2.24) is 4.57 Å². The van der Waals surface area contributed by atoms with E-state index < -0.39 is 0 Å². The zero-order valence-corrected chi connectivity index (χ0v) is 10.1. The minimum atomic E-state index is 0.511. The molecular formula is C14H12N2S. The molecule has 0 aliphatic rings. The Morgan fingerprint density at radius 1 is 0.941 bits per heavy atom. The molecule has 0 atom stereocenters. The summed E-state index contributed by atoms with van der Waals surface area (Å²) in [5.41, 5.74) is 8.04. The van der Waals surface area contributed by atoms with Crippen LogP contribution in [-0.4, -0.2) is 9.56 Å². The summed E-state index contributed by atoms with van der Waals surface area (Å²) in [6.07, 6.45) is 0. The lowest BCUT2D eigenvalue weighted by Gasteiger charge is -2.05. The van der Waals surface area contributed by atoms with E-state index in [4.69, 9.17) is 18.0 Å². The summed E-state index contributed by atoms with van der Waals surface area (Å²) in [6.45, 7) is 0.587. The Bertz CT molecular complexity index is 659. The Balaban J connectivity index is 2.45. The molecule has 2 aromatic carbocycles. The van der Waals surface area contributed by atoms with Crippen molar-refractivity contribution in [1.29, 1.82) is 0 Å². The van der Waals surface area contributed by atoms with Crippen molar-refractivity contribution in [3.63, 3.8) is 0 Å². The van der Waals surface area contributed by atoms with Crippen molar-refractivity contribution in [3.05, 3.63) is 48.5 Å². The van der Waals surface area contributed by atoms with Crippen molar-refractivity contribution < 1.29 is 0 Å². The van der Waals surface area contributed by atoms with Crippen LogP contribution in [0.25, 0.3) is 21.8 Å². The molecule has 1 heterocycles. The predicted octanol–water partition coefficient (Wildman–Crippen LogP) is 3.08. The molecule has 0 saturated heterocycles. The van der Waals surface area contributed by atoms with Gasteiger partial charge in [0, 0.05) is 21.8 Å². The average molecular weight is 240 g/mol. The second-order valence-electron chi connectivity index (χ2n) is 4.09. The van der Waals surface area contributed by atoms with Gasteiger partial charge in [-0.1, -0.05) is 48.6 Å². The molecule has 0 bridgehead atoms. The van der Waals surface area contributed by atoms with Crippen LogP contribution in [0.4, 0.5) is 0 Å². The van der Waals surface area contributed by atoms with E-state index in [0.717, 1.165) is 0 Å². The second kappa shape index (κ2) is 3.86. The highest BCUT2D eigenvalue weighted by Gasteiger charge is 2.09. The first-order valence-corrected chi connectivity index (χ1v) is 5.92. The van der Waals surface area contributed by atoms with Crippen LogP contribution >= 0.6 is 12.2 Å². The molecule has 0 aliphatic carbocycles. The Kier molecular flexibility index (Phi) is 2.34. The van der Waals surface area contributed by atoms with Crippen LogP contribution in [0.3, 0.4) is 0 Å². The number of hydrogen-bond donors (Lipinski definition) is 1. The van der Waals surface area contributed by atoms with Crippen LogP contribution in [0.15, 0.2) is 48.5 Å². The maximum absolute atomic E-state index is 5.68. The maximum atomic E-state index is 5.68. The molecule has 0 unspecified atom stereocenters. The Morgan fingerprint density at radius 2 is 1.41 bits per heavy atom. The molecule has 84 valence electrons. The van der Waals surface area contributed by atoms with Crippen molar-refractivity contribution in [2.75, 3.05) is 0 Å². The third-order valence-corrected chi connectivity index (χ3v) is 3.12. The van der Waals surface area contributed by atoms with Gasteiger partial charge in [0.25, 0.3) is 0 Å². The van der Waals surface area contributed by atoms with E-state index in [1.54, 1.807) is 0 Å². The van der Waals surface area contributed by atoms with Crippen LogP contribution in [0.5, 0.6) is 0 Å². The zero-order valence-electron chi connectivity index (χ0n) is 9.26. The van der Waals surface area contributed by atoms with E-state index in [0.29, 0.717) is 11.5 Å². The summed E-state index contributed by atoms with van der Waals surface area (Å²) in [4.78, 5) is 0.511. The molecule has 3 aromatic rings. The van der Waals surface area contributed by atoms with E-state index in [1.807, 2.05) is 12.1 Å². The molecule has 0 fully saturated rings. The van der Waals surface area contributed by atoms with Crippen molar-refractivity contribution in [3.8, 4) is 0 Å². The van der Waals surface area contributed by atoms with Crippen molar-refractivity contribution >= 4 is 39.0 Å². The van der Waals surface area contributed by atoms with E-state index in [9.17, 15) is 0 Å². The quantitative estimate of drug-likeness (QED) is 0.698. The van der Waals surface area contributed by atoms with Gasteiger partial charge in [-0.05, 0) is 12.1 Å². The molecule has 0 spiro atoms. The number of hydrogen-bond acceptors (Lipinski definition) is 1. The van der Waals surface area contributed by atoms with Gasteiger partial charge in [0.1, 0.15) is 0 Å². The minimum absolute atomic E-state index is 0.511. The first-order chi connectivity index (χ1) is 8.27. The third-order valence-electron chi connectivity index (χ3n) is 2.99. The average Bonchev–Trinajstić information content (AvgIpc) is 2.65. The molecule has 3 heteroatoms. The zero-order chi connectivity index (χ0) is 11.8. The highest BCUT2D eigenvalue weighted by molar-refractivity contribution is 7.80. The smallest absolute Gasteiger partial charge is 0.0928 e. The number of thiocarbonyl (C=S) groups is 1. The van der Waals surface area contributed by atoms with E-state index >= 15 is 0 Å². The fourth-order valence-corrected chi connectivity index (χ4v) is 2.46. The van der Waals surface area contributed by atoms with Crippen LogP contribution in [0.2, 0.25) is 0 Å². The van der Waals surface area contributed by atoms with Gasteiger partial charge in [0.05, 0.1) is 11.5 Å². The van der Waals surface area contributed by atoms with E-state index in [-0.39, 0.29) is 0 Å². The Morgan fingerprint density at radius 3 is 1.88 bits per heavy atom. The fraction of sp³-hybridized carbons (Fsp3) is 0.0714.